The molecular weight excluding hydrogens is 268 g/mol. The highest BCUT2D eigenvalue weighted by Crippen LogP contribution is 2.14. The first-order valence-electron chi connectivity index (χ1n) is 6.83. The molecule has 21 heavy (non-hydrogen) atoms. The molecule has 2 rings (SSSR count). The summed E-state index contributed by atoms with van der Waals surface area (Å²) in [6, 6.07) is 7.09. The molecule has 112 valence electrons. The Labute approximate surface area is 123 Å². The molecule has 1 heterocycles. The maximum atomic E-state index is 8.60. The van der Waals surface area contributed by atoms with E-state index in [2.05, 4.69) is 28.6 Å². The van der Waals surface area contributed by atoms with Gasteiger partial charge in [0.2, 0.25) is 0 Å². The van der Waals surface area contributed by atoms with E-state index in [1.165, 1.54) is 0 Å². The number of nitrogens with two attached hydrogens (primary N) is 1. The number of ether oxygens (including phenoxy) is 1. The lowest BCUT2D eigenvalue weighted by molar-refractivity contribution is 0.295. The van der Waals surface area contributed by atoms with Crippen LogP contribution in [0.25, 0.3) is 0 Å². The molecule has 0 aliphatic heterocycles. The lowest BCUT2D eigenvalue weighted by Gasteiger charge is -2.11. The third kappa shape index (κ3) is 3.75. The molecule has 0 unspecified atom stereocenters. The third-order valence-electron chi connectivity index (χ3n) is 3.12. The summed E-state index contributed by atoms with van der Waals surface area (Å²) in [5.41, 5.74) is 6.16. The first kappa shape index (κ1) is 14.9. The van der Waals surface area contributed by atoms with Crippen molar-refractivity contribution < 1.29 is 9.94 Å². The van der Waals surface area contributed by atoms with Gasteiger partial charge in [-0.1, -0.05) is 19.0 Å². The van der Waals surface area contributed by atoms with Crippen molar-refractivity contribution in [2.24, 2.45) is 10.9 Å². The summed E-state index contributed by atoms with van der Waals surface area (Å²) in [6.45, 7) is 5.53. The van der Waals surface area contributed by atoms with Gasteiger partial charge in [-0.3, -0.25) is 0 Å². The molecule has 0 atom stereocenters. The number of oxime groups is 1. The summed E-state index contributed by atoms with van der Waals surface area (Å²) in [4.78, 5) is 4.34. The highest BCUT2D eigenvalue weighted by atomic mass is 16.5. The second-order valence-electron chi connectivity index (χ2n) is 4.99. The minimum atomic E-state index is 0.0848. The molecule has 6 heteroatoms. The molecule has 6 nitrogen and oxygen atoms in total. The molecule has 3 N–H and O–H groups in total. The van der Waals surface area contributed by atoms with Crippen LogP contribution < -0.4 is 10.5 Å². The van der Waals surface area contributed by atoms with Crippen molar-refractivity contribution in [3.63, 3.8) is 0 Å². The molecule has 0 spiro atoms. The topological polar surface area (TPSA) is 85.7 Å². The largest absolute Gasteiger partial charge is 0.492 e. The van der Waals surface area contributed by atoms with Gasteiger partial charge in [-0.25, -0.2) is 4.98 Å². The van der Waals surface area contributed by atoms with E-state index >= 15 is 0 Å². The first-order valence-corrected chi connectivity index (χ1v) is 6.83. The fraction of sp³-hybridized carbons (Fsp3) is 0.333. The lowest BCUT2D eigenvalue weighted by atomic mass is 10.2. The average Bonchev–Trinajstić information content (AvgIpc) is 2.96. The number of benzene rings is 1. The zero-order valence-corrected chi connectivity index (χ0v) is 12.2. The summed E-state index contributed by atoms with van der Waals surface area (Å²) in [7, 11) is 0. The van der Waals surface area contributed by atoms with Crippen LogP contribution >= 0.6 is 0 Å². The van der Waals surface area contributed by atoms with Crippen LogP contribution in [0.4, 0.5) is 0 Å². The predicted molar refractivity (Wildman–Crippen MR) is 80.8 cm³/mol. The number of hydrogen-bond acceptors (Lipinski definition) is 4. The number of amidine groups is 1. The Hall–Kier alpha value is -2.50. The van der Waals surface area contributed by atoms with Crippen molar-refractivity contribution in [3.8, 4) is 5.75 Å². The Morgan fingerprint density at radius 1 is 1.38 bits per heavy atom. The molecular formula is C15H20N4O2. The van der Waals surface area contributed by atoms with Gasteiger partial charge in [-0.2, -0.15) is 0 Å². The van der Waals surface area contributed by atoms with E-state index < -0.39 is 0 Å². The molecule has 1 aromatic carbocycles. The van der Waals surface area contributed by atoms with Crippen molar-refractivity contribution in [1.82, 2.24) is 9.55 Å². The molecule has 0 saturated heterocycles. The number of imidazole rings is 1. The molecule has 0 amide bonds. The van der Waals surface area contributed by atoms with Gasteiger partial charge >= 0.3 is 0 Å². The van der Waals surface area contributed by atoms with Crippen molar-refractivity contribution in [1.29, 1.82) is 0 Å². The second kappa shape index (κ2) is 6.78. The van der Waals surface area contributed by atoms with Crippen LogP contribution in [0.15, 0.2) is 41.8 Å². The van der Waals surface area contributed by atoms with Crippen molar-refractivity contribution in [3.05, 3.63) is 48.0 Å². The summed E-state index contributed by atoms with van der Waals surface area (Å²) in [5.74, 6) is 2.28. The van der Waals surface area contributed by atoms with E-state index in [-0.39, 0.29) is 5.84 Å². The van der Waals surface area contributed by atoms with Gasteiger partial charge in [-0.05, 0) is 24.3 Å². The summed E-state index contributed by atoms with van der Waals surface area (Å²) in [6.07, 6.45) is 3.77. The lowest BCUT2D eigenvalue weighted by Crippen LogP contribution is -2.13. The standard InChI is InChI=1S/C15H20N4O2/c1-11(2)15-17-7-8-19(15)9-10-21-13-5-3-12(4-6-13)14(16)18-20/h3-8,11,20H,9-10H2,1-2H3,(H2,16,18). The zero-order chi connectivity index (χ0) is 15.2. The normalized spacial score (nSPS) is 11.9. The van der Waals surface area contributed by atoms with Crippen LogP contribution in [0.5, 0.6) is 5.75 Å². The van der Waals surface area contributed by atoms with E-state index in [9.17, 15) is 0 Å². The van der Waals surface area contributed by atoms with Crippen LogP contribution in [-0.2, 0) is 6.54 Å². The molecule has 0 fully saturated rings. The van der Waals surface area contributed by atoms with Gasteiger partial charge in [0.1, 0.15) is 18.2 Å². The molecule has 0 bridgehead atoms. The number of aromatic nitrogens is 2. The zero-order valence-electron chi connectivity index (χ0n) is 12.2. The first-order chi connectivity index (χ1) is 10.1. The third-order valence-corrected chi connectivity index (χ3v) is 3.12. The van der Waals surface area contributed by atoms with Crippen LogP contribution in [0.1, 0.15) is 31.2 Å². The Morgan fingerprint density at radius 2 is 2.10 bits per heavy atom. The van der Waals surface area contributed by atoms with Gasteiger partial charge in [0.05, 0.1) is 6.54 Å². The van der Waals surface area contributed by atoms with Gasteiger partial charge < -0.3 is 20.2 Å². The highest BCUT2D eigenvalue weighted by molar-refractivity contribution is 5.97. The second-order valence-corrected chi connectivity index (χ2v) is 4.99. The molecule has 0 aliphatic rings. The Bertz CT molecular complexity index is 602. The maximum Gasteiger partial charge on any atom is 0.170 e. The molecule has 0 radical (unpaired) electrons. The van der Waals surface area contributed by atoms with Crippen LogP contribution in [0.3, 0.4) is 0 Å². The van der Waals surface area contributed by atoms with Gasteiger partial charge in [-0.15, -0.1) is 0 Å². The van der Waals surface area contributed by atoms with Crippen LogP contribution in [0, 0.1) is 0 Å². The van der Waals surface area contributed by atoms with Gasteiger partial charge in [0.25, 0.3) is 0 Å². The Morgan fingerprint density at radius 3 is 2.71 bits per heavy atom. The van der Waals surface area contributed by atoms with Gasteiger partial charge in [0, 0.05) is 23.9 Å². The fourth-order valence-electron chi connectivity index (χ4n) is 2.05. The SMILES string of the molecule is CC(C)c1nccn1CCOc1ccc(/C(N)=N/O)cc1. The van der Waals surface area contributed by atoms with Crippen molar-refractivity contribution >= 4 is 5.84 Å². The van der Waals surface area contributed by atoms with E-state index in [0.29, 0.717) is 18.1 Å². The monoisotopic (exact) mass is 288 g/mol. The predicted octanol–water partition coefficient (Wildman–Crippen LogP) is 2.18. The van der Waals surface area contributed by atoms with Crippen molar-refractivity contribution in [2.45, 2.75) is 26.3 Å². The average molecular weight is 288 g/mol. The van der Waals surface area contributed by atoms with E-state index in [0.717, 1.165) is 18.1 Å². The summed E-state index contributed by atoms with van der Waals surface area (Å²) >= 11 is 0. The number of rotatable bonds is 6. The smallest absolute Gasteiger partial charge is 0.170 e. The highest BCUT2D eigenvalue weighted by Gasteiger charge is 2.06. The van der Waals surface area contributed by atoms with Gasteiger partial charge in [0.15, 0.2) is 5.84 Å². The summed E-state index contributed by atoms with van der Waals surface area (Å²) < 4.78 is 7.78. The molecule has 0 saturated carbocycles. The maximum absolute atomic E-state index is 8.60. The minimum absolute atomic E-state index is 0.0848. The summed E-state index contributed by atoms with van der Waals surface area (Å²) in [5, 5.41) is 11.6. The van der Waals surface area contributed by atoms with E-state index in [1.807, 2.05) is 6.20 Å². The molecule has 2 aromatic rings. The van der Waals surface area contributed by atoms with E-state index in [4.69, 9.17) is 15.7 Å². The molecule has 1 aromatic heterocycles. The Kier molecular flexibility index (Phi) is 4.81. The Balaban J connectivity index is 1.90. The van der Waals surface area contributed by atoms with E-state index in [1.54, 1.807) is 30.5 Å². The van der Waals surface area contributed by atoms with Crippen LogP contribution in [-0.4, -0.2) is 27.2 Å². The quantitative estimate of drug-likeness (QED) is 0.369. The van der Waals surface area contributed by atoms with Crippen molar-refractivity contribution in [2.75, 3.05) is 6.61 Å². The fourth-order valence-corrected chi connectivity index (χ4v) is 2.05. The van der Waals surface area contributed by atoms with Crippen LogP contribution in [0.2, 0.25) is 0 Å². The number of nitrogens with zero attached hydrogens (tertiary/aromatic N) is 3. The minimum Gasteiger partial charge on any atom is -0.492 e. The number of hydrogen-bond donors (Lipinski definition) is 2. The molecule has 0 aliphatic carbocycles.